The van der Waals surface area contributed by atoms with Crippen molar-refractivity contribution in [1.82, 2.24) is 0 Å². The summed E-state index contributed by atoms with van der Waals surface area (Å²) in [7, 11) is 0. The Labute approximate surface area is 584 Å². The summed E-state index contributed by atoms with van der Waals surface area (Å²) in [4.78, 5) is 25.7. The Kier molecular flexibility index (Phi) is 27.2. The SMILES string of the molecule is CC(C)CCC[C@@H](C)[C@H]1CC[C@H]2[C@@H]3CC=C4C[C@@H](OC(=O)OCCCCCCCCOc5ccc(/C=C/C=C/c6ccc(OCCCCCCCCOC(=O)O[C@H]7CC[C@@]8(C)C(=CC[C@H]9[C@@H]%10CC[C@H]([C@H](C)CCCC(C)C)[C@@]%10(C)CC[C@@H]98)C7)cc6)cc5)CC[C@]4(C)[C@H]3CC[C@]12C. The Hall–Kier alpha value is -4.46. The smallest absolute Gasteiger partial charge is 0.494 e. The molecule has 0 saturated heterocycles. The van der Waals surface area contributed by atoms with Gasteiger partial charge in [0.1, 0.15) is 23.7 Å². The lowest BCUT2D eigenvalue weighted by Gasteiger charge is -2.58. The van der Waals surface area contributed by atoms with Crippen molar-refractivity contribution in [3.05, 3.63) is 95.1 Å². The van der Waals surface area contributed by atoms with E-state index in [1.165, 1.54) is 103 Å². The molecule has 534 valence electrons. The number of unbranched alkanes of at least 4 members (excludes halogenated alkanes) is 10. The monoisotopic (exact) mass is 1320 g/mol. The van der Waals surface area contributed by atoms with E-state index in [0.29, 0.717) is 37.3 Å². The molecule has 8 aliphatic carbocycles. The van der Waals surface area contributed by atoms with Crippen LogP contribution in [0.5, 0.6) is 11.5 Å². The van der Waals surface area contributed by atoms with Crippen LogP contribution in [0.15, 0.2) is 84.0 Å². The minimum Gasteiger partial charge on any atom is -0.494 e. The van der Waals surface area contributed by atoms with Crippen molar-refractivity contribution in [3.63, 3.8) is 0 Å². The van der Waals surface area contributed by atoms with Crippen molar-refractivity contribution < 1.29 is 38.0 Å². The maximum absolute atomic E-state index is 12.8. The normalized spacial score (nSPS) is 32.1. The van der Waals surface area contributed by atoms with Crippen molar-refractivity contribution in [3.8, 4) is 11.5 Å². The molecule has 8 aliphatic rings. The van der Waals surface area contributed by atoms with Crippen LogP contribution >= 0.6 is 0 Å². The van der Waals surface area contributed by atoms with E-state index in [1.807, 2.05) is 0 Å². The van der Waals surface area contributed by atoms with Crippen molar-refractivity contribution in [2.45, 2.75) is 300 Å². The van der Waals surface area contributed by atoms with E-state index >= 15 is 0 Å². The predicted molar refractivity (Wildman–Crippen MR) is 396 cm³/mol. The van der Waals surface area contributed by atoms with Gasteiger partial charge in [0.25, 0.3) is 0 Å². The Morgan fingerprint density at radius 3 is 1.19 bits per heavy atom. The minimum atomic E-state index is -0.477. The second-order valence-electron chi connectivity index (χ2n) is 34.5. The van der Waals surface area contributed by atoms with Gasteiger partial charge in [-0.3, -0.25) is 0 Å². The first kappa shape index (κ1) is 74.2. The highest BCUT2D eigenvalue weighted by atomic mass is 16.7. The van der Waals surface area contributed by atoms with Crippen molar-refractivity contribution in [1.29, 1.82) is 0 Å². The van der Waals surface area contributed by atoms with Crippen molar-refractivity contribution in [2.75, 3.05) is 26.4 Å². The molecule has 0 bridgehead atoms. The molecule has 8 heteroatoms. The van der Waals surface area contributed by atoms with Gasteiger partial charge in [-0.2, -0.15) is 0 Å². The van der Waals surface area contributed by atoms with Crippen LogP contribution in [0.25, 0.3) is 12.2 Å². The molecule has 8 nitrogen and oxygen atoms in total. The number of hydrogen-bond donors (Lipinski definition) is 0. The number of hydrogen-bond acceptors (Lipinski definition) is 8. The highest BCUT2D eigenvalue weighted by molar-refractivity contribution is 5.61. The number of benzene rings is 2. The summed E-state index contributed by atoms with van der Waals surface area (Å²) in [5.41, 5.74) is 6.93. The third kappa shape index (κ3) is 18.9. The predicted octanol–water partition coefficient (Wildman–Crippen LogP) is 25.0. The second-order valence-corrected chi connectivity index (χ2v) is 34.5. The second kappa shape index (κ2) is 35.2. The van der Waals surface area contributed by atoms with E-state index in [2.05, 4.69) is 154 Å². The van der Waals surface area contributed by atoms with Gasteiger partial charge in [0.15, 0.2) is 0 Å². The van der Waals surface area contributed by atoms with Crippen LogP contribution in [0.3, 0.4) is 0 Å². The van der Waals surface area contributed by atoms with E-state index in [4.69, 9.17) is 28.4 Å². The minimum absolute atomic E-state index is 0.0571. The average molecular weight is 1320 g/mol. The number of allylic oxidation sites excluding steroid dienone is 4. The molecule has 16 atom stereocenters. The molecule has 2 aromatic carbocycles. The van der Waals surface area contributed by atoms with Crippen molar-refractivity contribution in [2.24, 2.45) is 92.7 Å². The van der Waals surface area contributed by atoms with Gasteiger partial charge in [-0.15, -0.1) is 0 Å². The molecular formula is C88H134O8. The lowest BCUT2D eigenvalue weighted by Crippen LogP contribution is -2.51. The summed E-state index contributed by atoms with van der Waals surface area (Å²) in [5, 5.41) is 0. The number of carbonyl (C=O) groups excluding carboxylic acids is 2. The quantitative estimate of drug-likeness (QED) is 0.0292. The van der Waals surface area contributed by atoms with Crippen LogP contribution < -0.4 is 9.47 Å². The highest BCUT2D eigenvalue weighted by Crippen LogP contribution is 2.69. The zero-order valence-corrected chi connectivity index (χ0v) is 62.3. The molecule has 10 rings (SSSR count). The molecular weight excluding hydrogens is 1180 g/mol. The molecule has 2 aromatic rings. The molecule has 0 unspecified atom stereocenters. The van der Waals surface area contributed by atoms with Gasteiger partial charge in [-0.05, 0) is 244 Å². The Morgan fingerprint density at radius 1 is 0.427 bits per heavy atom. The largest absolute Gasteiger partial charge is 0.508 e. The summed E-state index contributed by atoms with van der Waals surface area (Å²) < 4.78 is 35.3. The van der Waals surface area contributed by atoms with Gasteiger partial charge < -0.3 is 28.4 Å². The van der Waals surface area contributed by atoms with Crippen LogP contribution in [-0.4, -0.2) is 50.9 Å². The summed E-state index contributed by atoms with van der Waals surface area (Å²) in [6.07, 6.45) is 53.2. The Bertz CT molecular complexity index is 2650. The molecule has 0 radical (unpaired) electrons. The lowest BCUT2D eigenvalue weighted by atomic mass is 9.47. The standard InChI is InChI=1S/C88H134O8/c1-63(2)27-25-29-65(5)77-45-47-79-75-43-37-69-61-73(49-53-85(69,7)81(75)51-55-87(77,79)9)95-83(89)93-59-23-17-13-11-15-21-57-91-71-39-33-67(34-40-71)31-19-20-32-68-35-41-72(42-36-68)92-58-22-16-12-14-18-24-60-94-84(90)96-74-50-54-86(8)70(62-74)38-44-76-80-48-46-78(66(6)30-26-28-64(3)4)88(80,10)56-52-82(76)86/h19-20,31-42,63-66,73-82H,11-18,21-30,43-62H2,1-10H3/b31-19+,32-20+/t65-,66-,73+,74+,75+,76+,77-,78-,79+,80+,81+,82+,85+,86+,87-,88-/m1/s1. The Morgan fingerprint density at radius 2 is 0.802 bits per heavy atom. The lowest BCUT2D eigenvalue weighted by molar-refractivity contribution is -0.0617. The third-order valence-electron chi connectivity index (χ3n) is 27.5. The fourth-order valence-electron chi connectivity index (χ4n) is 22.0. The molecule has 6 saturated carbocycles. The van der Waals surface area contributed by atoms with Crippen LogP contribution in [-0.2, 0) is 18.9 Å². The van der Waals surface area contributed by atoms with Crippen molar-refractivity contribution >= 4 is 24.5 Å². The van der Waals surface area contributed by atoms with Gasteiger partial charge >= 0.3 is 12.3 Å². The van der Waals surface area contributed by atoms with Gasteiger partial charge in [0, 0.05) is 12.8 Å². The average Bonchev–Trinajstić information content (AvgIpc) is 1.52. The van der Waals surface area contributed by atoms with Crippen LogP contribution in [0.2, 0.25) is 0 Å². The first-order valence-corrected chi connectivity index (χ1v) is 40.2. The number of rotatable bonds is 35. The van der Waals surface area contributed by atoms with Crippen LogP contribution in [0, 0.1) is 92.7 Å². The summed E-state index contributed by atoms with van der Waals surface area (Å²) >= 11 is 0. The number of carbonyl (C=O) groups is 2. The highest BCUT2D eigenvalue weighted by Gasteiger charge is 2.61. The topological polar surface area (TPSA) is 89.5 Å². The van der Waals surface area contributed by atoms with Gasteiger partial charge in [-0.25, -0.2) is 9.59 Å². The maximum Gasteiger partial charge on any atom is 0.508 e. The first-order valence-electron chi connectivity index (χ1n) is 40.2. The summed E-state index contributed by atoms with van der Waals surface area (Å²) in [6.45, 7) is 27.4. The van der Waals surface area contributed by atoms with Gasteiger partial charge in [-0.1, -0.05) is 231 Å². The zero-order chi connectivity index (χ0) is 67.7. The van der Waals surface area contributed by atoms with E-state index in [0.717, 1.165) is 209 Å². The molecule has 0 heterocycles. The molecule has 6 fully saturated rings. The van der Waals surface area contributed by atoms with Crippen LogP contribution in [0.4, 0.5) is 9.59 Å². The number of fused-ring (bicyclic) bond motifs is 10. The first-order chi connectivity index (χ1) is 46.4. The van der Waals surface area contributed by atoms with E-state index in [9.17, 15) is 9.59 Å². The molecule has 0 spiro atoms. The fraction of sp³-hybridized carbons (Fsp3) is 0.750. The number of ether oxygens (including phenoxy) is 6. The summed E-state index contributed by atoms with van der Waals surface area (Å²) in [6, 6.07) is 16.6. The van der Waals surface area contributed by atoms with Gasteiger partial charge in [0.2, 0.25) is 0 Å². The third-order valence-corrected chi connectivity index (χ3v) is 27.5. The molecule has 0 aliphatic heterocycles. The molecule has 0 amide bonds. The maximum atomic E-state index is 12.8. The Balaban J connectivity index is 0.502. The van der Waals surface area contributed by atoms with Gasteiger partial charge in [0.05, 0.1) is 26.4 Å². The molecule has 96 heavy (non-hydrogen) atoms. The summed E-state index contributed by atoms with van der Waals surface area (Å²) in [5.74, 6) is 11.8. The zero-order valence-electron chi connectivity index (χ0n) is 62.3. The van der Waals surface area contributed by atoms with E-state index < -0.39 is 12.3 Å². The molecule has 0 N–H and O–H groups in total. The molecule has 0 aromatic heterocycles. The van der Waals surface area contributed by atoms with E-state index in [1.54, 1.807) is 11.1 Å². The van der Waals surface area contributed by atoms with Crippen LogP contribution in [0.1, 0.15) is 299 Å². The van der Waals surface area contributed by atoms with E-state index in [-0.39, 0.29) is 23.0 Å². The fourth-order valence-corrected chi connectivity index (χ4v) is 22.0.